The Balaban J connectivity index is 2.15. The van der Waals surface area contributed by atoms with Crippen LogP contribution in [0.15, 0.2) is 18.2 Å². The number of aliphatic hydroxyl groups excluding tert-OH is 1. The number of benzene rings is 1. The fraction of sp³-hybridized carbons (Fsp3) is 0.533. The first kappa shape index (κ1) is 14.0. The second kappa shape index (κ2) is 5.70. The number of hydrogen-bond donors (Lipinski definition) is 1. The minimum Gasteiger partial charge on any atom is -0.393 e. The van der Waals surface area contributed by atoms with Gasteiger partial charge in [-0.25, -0.2) is 4.39 Å². The molecule has 0 aromatic heterocycles. The summed E-state index contributed by atoms with van der Waals surface area (Å²) in [6.45, 7) is 4.78. The van der Waals surface area contributed by atoms with Gasteiger partial charge in [0.15, 0.2) is 0 Å². The van der Waals surface area contributed by atoms with Crippen molar-refractivity contribution in [2.75, 3.05) is 13.1 Å². The van der Waals surface area contributed by atoms with Crippen LogP contribution in [0.3, 0.4) is 0 Å². The highest BCUT2D eigenvalue weighted by Gasteiger charge is 2.30. The first-order valence-electron chi connectivity index (χ1n) is 6.76. The van der Waals surface area contributed by atoms with Gasteiger partial charge in [0, 0.05) is 19.0 Å². The Kier molecular flexibility index (Phi) is 4.20. The van der Waals surface area contributed by atoms with Crippen molar-refractivity contribution in [2.24, 2.45) is 5.92 Å². The van der Waals surface area contributed by atoms with E-state index in [9.17, 15) is 14.3 Å². The molecule has 3 nitrogen and oxygen atoms in total. The van der Waals surface area contributed by atoms with Gasteiger partial charge in [-0.1, -0.05) is 13.0 Å². The van der Waals surface area contributed by atoms with Crippen LogP contribution in [-0.2, 0) is 0 Å². The third kappa shape index (κ3) is 2.95. The minimum absolute atomic E-state index is 0.0891. The van der Waals surface area contributed by atoms with Crippen LogP contribution in [0.2, 0.25) is 0 Å². The number of hydrogen-bond acceptors (Lipinski definition) is 2. The van der Waals surface area contributed by atoms with Crippen LogP contribution in [0.5, 0.6) is 0 Å². The van der Waals surface area contributed by atoms with Crippen molar-refractivity contribution in [1.82, 2.24) is 4.90 Å². The fourth-order valence-corrected chi connectivity index (χ4v) is 2.57. The van der Waals surface area contributed by atoms with E-state index < -0.39 is 5.82 Å². The fourth-order valence-electron chi connectivity index (χ4n) is 2.57. The van der Waals surface area contributed by atoms with E-state index >= 15 is 0 Å². The molecule has 2 atom stereocenters. The zero-order valence-corrected chi connectivity index (χ0v) is 11.4. The first-order chi connectivity index (χ1) is 9.02. The summed E-state index contributed by atoms with van der Waals surface area (Å²) in [7, 11) is 0. The van der Waals surface area contributed by atoms with E-state index in [-0.39, 0.29) is 23.5 Å². The van der Waals surface area contributed by atoms with Crippen LogP contribution in [0, 0.1) is 18.7 Å². The Labute approximate surface area is 113 Å². The van der Waals surface area contributed by atoms with E-state index in [1.54, 1.807) is 24.0 Å². The second-order valence-electron chi connectivity index (χ2n) is 5.26. The quantitative estimate of drug-likeness (QED) is 0.891. The molecule has 0 bridgehead atoms. The lowest BCUT2D eigenvalue weighted by atomic mass is 9.92. The molecule has 1 amide bonds. The van der Waals surface area contributed by atoms with Crippen LogP contribution < -0.4 is 0 Å². The van der Waals surface area contributed by atoms with Crippen LogP contribution in [0.25, 0.3) is 0 Å². The van der Waals surface area contributed by atoms with Crippen LogP contribution in [-0.4, -0.2) is 35.1 Å². The summed E-state index contributed by atoms with van der Waals surface area (Å²) in [6, 6.07) is 4.66. The summed E-state index contributed by atoms with van der Waals surface area (Å²) in [6.07, 6.45) is 1.04. The van der Waals surface area contributed by atoms with Crippen LogP contribution in [0.4, 0.5) is 4.39 Å². The molecular weight excluding hydrogens is 245 g/mol. The Hall–Kier alpha value is -1.42. The Bertz CT molecular complexity index is 475. The SMILES string of the molecule is CCC1CN(C(=O)c2ccc(C)cc2F)CCC1O. The highest BCUT2D eigenvalue weighted by molar-refractivity contribution is 5.94. The number of halogens is 1. The Morgan fingerprint density at radius 2 is 2.26 bits per heavy atom. The number of nitrogens with zero attached hydrogens (tertiary/aromatic N) is 1. The van der Waals surface area contributed by atoms with Gasteiger partial charge in [-0.05, 0) is 37.5 Å². The molecule has 1 aromatic rings. The standard InChI is InChI=1S/C15H20FNO2/c1-3-11-9-17(7-6-14(11)18)15(19)12-5-4-10(2)8-13(12)16/h4-5,8,11,14,18H,3,6-7,9H2,1-2H3. The number of rotatable bonds is 2. The second-order valence-corrected chi connectivity index (χ2v) is 5.26. The molecule has 1 N–H and O–H groups in total. The van der Waals surface area contributed by atoms with Gasteiger partial charge in [0.05, 0.1) is 11.7 Å². The molecule has 0 spiro atoms. The third-order valence-corrected chi connectivity index (χ3v) is 3.86. The largest absolute Gasteiger partial charge is 0.393 e. The van der Waals surface area contributed by atoms with E-state index in [4.69, 9.17) is 0 Å². The van der Waals surface area contributed by atoms with Gasteiger partial charge >= 0.3 is 0 Å². The number of carbonyl (C=O) groups is 1. The minimum atomic E-state index is -0.468. The lowest BCUT2D eigenvalue weighted by Gasteiger charge is -2.35. The zero-order chi connectivity index (χ0) is 14.0. The van der Waals surface area contributed by atoms with Crippen molar-refractivity contribution < 1.29 is 14.3 Å². The Morgan fingerprint density at radius 3 is 2.89 bits per heavy atom. The van der Waals surface area contributed by atoms with Crippen LogP contribution >= 0.6 is 0 Å². The van der Waals surface area contributed by atoms with E-state index in [2.05, 4.69) is 0 Å². The predicted octanol–water partition coefficient (Wildman–Crippen LogP) is 2.37. The molecule has 0 saturated carbocycles. The smallest absolute Gasteiger partial charge is 0.256 e. The topological polar surface area (TPSA) is 40.5 Å². The van der Waals surface area contributed by atoms with E-state index in [1.165, 1.54) is 6.07 Å². The molecule has 0 radical (unpaired) electrons. The summed E-state index contributed by atoms with van der Waals surface area (Å²) < 4.78 is 13.8. The van der Waals surface area contributed by atoms with Gasteiger partial charge in [-0.3, -0.25) is 4.79 Å². The maximum atomic E-state index is 13.8. The van der Waals surface area contributed by atoms with Crippen molar-refractivity contribution in [3.63, 3.8) is 0 Å². The van der Waals surface area contributed by atoms with Crippen molar-refractivity contribution in [3.05, 3.63) is 35.1 Å². The van der Waals surface area contributed by atoms with E-state index in [1.807, 2.05) is 6.92 Å². The number of carbonyl (C=O) groups excluding carboxylic acids is 1. The molecule has 4 heteroatoms. The Morgan fingerprint density at radius 1 is 1.53 bits per heavy atom. The number of likely N-dealkylation sites (tertiary alicyclic amines) is 1. The van der Waals surface area contributed by atoms with Gasteiger partial charge in [0.25, 0.3) is 5.91 Å². The molecule has 0 aliphatic carbocycles. The van der Waals surface area contributed by atoms with Gasteiger partial charge in [-0.15, -0.1) is 0 Å². The summed E-state index contributed by atoms with van der Waals surface area (Å²) in [5, 5.41) is 9.82. The van der Waals surface area contributed by atoms with E-state index in [0.29, 0.717) is 19.5 Å². The van der Waals surface area contributed by atoms with Crippen molar-refractivity contribution >= 4 is 5.91 Å². The molecule has 1 aliphatic rings. The molecular formula is C15H20FNO2. The molecule has 2 unspecified atom stereocenters. The van der Waals surface area contributed by atoms with Crippen LogP contribution in [0.1, 0.15) is 35.7 Å². The monoisotopic (exact) mass is 265 g/mol. The van der Waals surface area contributed by atoms with E-state index in [0.717, 1.165) is 12.0 Å². The predicted molar refractivity (Wildman–Crippen MR) is 71.4 cm³/mol. The lowest BCUT2D eigenvalue weighted by molar-refractivity contribution is 0.0226. The zero-order valence-electron chi connectivity index (χ0n) is 11.4. The highest BCUT2D eigenvalue weighted by atomic mass is 19.1. The average Bonchev–Trinajstić information content (AvgIpc) is 2.38. The maximum absolute atomic E-state index is 13.8. The summed E-state index contributed by atoms with van der Waals surface area (Å²) in [5.74, 6) is -0.654. The maximum Gasteiger partial charge on any atom is 0.256 e. The molecule has 1 aromatic carbocycles. The molecule has 1 heterocycles. The molecule has 104 valence electrons. The van der Waals surface area contributed by atoms with Gasteiger partial charge in [0.2, 0.25) is 0 Å². The first-order valence-corrected chi connectivity index (χ1v) is 6.76. The number of aliphatic hydroxyl groups is 1. The number of amides is 1. The molecule has 1 fully saturated rings. The van der Waals surface area contributed by atoms with Gasteiger partial charge in [0.1, 0.15) is 5.82 Å². The van der Waals surface area contributed by atoms with Crippen molar-refractivity contribution in [2.45, 2.75) is 32.8 Å². The lowest BCUT2D eigenvalue weighted by Crippen LogP contribution is -2.46. The molecule has 19 heavy (non-hydrogen) atoms. The van der Waals surface area contributed by atoms with Gasteiger partial charge in [-0.2, -0.15) is 0 Å². The van der Waals surface area contributed by atoms with Gasteiger partial charge < -0.3 is 10.0 Å². The molecule has 1 aliphatic heterocycles. The highest BCUT2D eigenvalue weighted by Crippen LogP contribution is 2.22. The molecule has 1 saturated heterocycles. The number of piperidine rings is 1. The summed E-state index contributed by atoms with van der Waals surface area (Å²) >= 11 is 0. The summed E-state index contributed by atoms with van der Waals surface area (Å²) in [5.41, 5.74) is 0.923. The van der Waals surface area contributed by atoms with Crippen molar-refractivity contribution in [3.8, 4) is 0 Å². The normalized spacial score (nSPS) is 23.5. The third-order valence-electron chi connectivity index (χ3n) is 3.86. The molecule has 2 rings (SSSR count). The number of aryl methyl sites for hydroxylation is 1. The van der Waals surface area contributed by atoms with Crippen molar-refractivity contribution in [1.29, 1.82) is 0 Å². The summed E-state index contributed by atoms with van der Waals surface area (Å²) in [4.78, 5) is 14.0. The average molecular weight is 265 g/mol.